The van der Waals surface area contributed by atoms with E-state index in [1.165, 1.54) is 0 Å². The fourth-order valence-corrected chi connectivity index (χ4v) is 2.14. The van der Waals surface area contributed by atoms with E-state index in [-0.39, 0.29) is 6.04 Å². The van der Waals surface area contributed by atoms with Crippen molar-refractivity contribution in [1.29, 1.82) is 0 Å². The molecule has 84 valence electrons. The van der Waals surface area contributed by atoms with Gasteiger partial charge in [0.1, 0.15) is 6.04 Å². The second-order valence-corrected chi connectivity index (χ2v) is 4.45. The molecule has 0 aromatic carbocycles. The summed E-state index contributed by atoms with van der Waals surface area (Å²) in [5.41, 5.74) is 0. The predicted octanol–water partition coefficient (Wildman–Crippen LogP) is 1.92. The zero-order valence-corrected chi connectivity index (χ0v) is 10.1. The Bertz CT molecular complexity index is 160. The molecule has 0 aromatic rings. The third-order valence-electron chi connectivity index (χ3n) is 2.28. The highest BCUT2D eigenvalue weighted by Crippen LogP contribution is 2.10. The molecule has 0 aliphatic carbocycles. The van der Waals surface area contributed by atoms with Crippen LogP contribution in [-0.2, 0) is 4.79 Å². The van der Waals surface area contributed by atoms with Crippen molar-refractivity contribution in [2.75, 3.05) is 24.6 Å². The minimum absolute atomic E-state index is 0.302. The monoisotopic (exact) mass is 219 g/mol. The molecule has 0 bridgehead atoms. The van der Waals surface area contributed by atoms with Gasteiger partial charge < -0.3 is 5.11 Å². The molecule has 0 rings (SSSR count). The maximum absolute atomic E-state index is 11.0. The van der Waals surface area contributed by atoms with Gasteiger partial charge in [0.05, 0.1) is 0 Å². The van der Waals surface area contributed by atoms with Crippen molar-refractivity contribution in [2.24, 2.45) is 0 Å². The predicted molar refractivity (Wildman–Crippen MR) is 62.0 cm³/mol. The van der Waals surface area contributed by atoms with Gasteiger partial charge in [0.2, 0.25) is 0 Å². The van der Waals surface area contributed by atoms with E-state index in [1.807, 2.05) is 18.7 Å². The van der Waals surface area contributed by atoms with Crippen molar-refractivity contribution in [3.63, 3.8) is 0 Å². The van der Waals surface area contributed by atoms with Crippen molar-refractivity contribution in [2.45, 2.75) is 33.2 Å². The van der Waals surface area contributed by atoms with Crippen LogP contribution in [0.2, 0.25) is 0 Å². The summed E-state index contributed by atoms with van der Waals surface area (Å²) in [7, 11) is 0. The van der Waals surface area contributed by atoms with Gasteiger partial charge in [0, 0.05) is 0 Å². The van der Waals surface area contributed by atoms with Crippen LogP contribution in [0, 0.1) is 0 Å². The van der Waals surface area contributed by atoms with E-state index in [4.69, 9.17) is 5.11 Å². The zero-order chi connectivity index (χ0) is 11.0. The fraction of sp³-hybridized carbons (Fsp3) is 0.900. The molecule has 0 saturated heterocycles. The summed E-state index contributed by atoms with van der Waals surface area (Å²) in [5, 5.41) is 9.05. The molecule has 0 saturated carbocycles. The van der Waals surface area contributed by atoms with Crippen LogP contribution in [0.1, 0.15) is 27.2 Å². The third kappa shape index (κ3) is 4.86. The number of likely N-dealkylation sites (N-methyl/N-ethyl adjacent to an activating group) is 1. The van der Waals surface area contributed by atoms with E-state index in [1.54, 1.807) is 11.8 Å². The summed E-state index contributed by atoms with van der Waals surface area (Å²) in [6, 6.07) is -0.302. The number of hydrogen-bond donors (Lipinski definition) is 1. The van der Waals surface area contributed by atoms with Crippen LogP contribution in [0.5, 0.6) is 0 Å². The molecule has 0 aliphatic rings. The van der Waals surface area contributed by atoms with Crippen LogP contribution in [0.25, 0.3) is 0 Å². The van der Waals surface area contributed by atoms with Gasteiger partial charge in [-0.2, -0.15) is 11.8 Å². The number of nitrogens with zero attached hydrogens (tertiary/aromatic N) is 1. The first-order valence-corrected chi connectivity index (χ1v) is 6.37. The van der Waals surface area contributed by atoms with Gasteiger partial charge in [-0.3, -0.25) is 9.69 Å². The van der Waals surface area contributed by atoms with Crippen LogP contribution < -0.4 is 0 Å². The Morgan fingerprint density at radius 3 is 2.29 bits per heavy atom. The lowest BCUT2D eigenvalue weighted by molar-refractivity contribution is -0.143. The molecule has 0 spiro atoms. The molecule has 0 aromatic heterocycles. The van der Waals surface area contributed by atoms with Gasteiger partial charge in [-0.15, -0.1) is 0 Å². The van der Waals surface area contributed by atoms with Crippen LogP contribution in [0.4, 0.5) is 0 Å². The lowest BCUT2D eigenvalue weighted by atomic mass is 10.2. The van der Waals surface area contributed by atoms with Crippen LogP contribution in [0.3, 0.4) is 0 Å². The number of carboxylic acid groups (broad SMARTS) is 1. The number of carbonyl (C=O) groups is 1. The van der Waals surface area contributed by atoms with Crippen molar-refractivity contribution >= 4 is 17.7 Å². The molecule has 3 nitrogen and oxygen atoms in total. The molecule has 0 radical (unpaired) electrons. The third-order valence-corrected chi connectivity index (χ3v) is 3.21. The topological polar surface area (TPSA) is 40.5 Å². The fourth-order valence-electron chi connectivity index (χ4n) is 1.47. The van der Waals surface area contributed by atoms with Crippen molar-refractivity contribution in [3.05, 3.63) is 0 Å². The van der Waals surface area contributed by atoms with Gasteiger partial charge in [-0.25, -0.2) is 0 Å². The van der Waals surface area contributed by atoms with E-state index in [9.17, 15) is 4.79 Å². The normalized spacial score (nSPS) is 13.1. The average Bonchev–Trinajstić information content (AvgIpc) is 2.17. The smallest absolute Gasteiger partial charge is 0.320 e. The van der Waals surface area contributed by atoms with E-state index >= 15 is 0 Å². The molecule has 1 atom stereocenters. The Kier molecular flexibility index (Phi) is 7.99. The molecule has 1 unspecified atom stereocenters. The van der Waals surface area contributed by atoms with Gasteiger partial charge in [0.15, 0.2) is 0 Å². The molecule has 0 heterocycles. The van der Waals surface area contributed by atoms with E-state index in [2.05, 4.69) is 6.92 Å². The Labute approximate surface area is 90.9 Å². The number of hydrogen-bond acceptors (Lipinski definition) is 3. The van der Waals surface area contributed by atoms with Crippen molar-refractivity contribution in [1.82, 2.24) is 4.90 Å². The summed E-state index contributed by atoms with van der Waals surface area (Å²) in [5.74, 6) is 1.31. The zero-order valence-electron chi connectivity index (χ0n) is 9.32. The van der Waals surface area contributed by atoms with Gasteiger partial charge in [0.25, 0.3) is 0 Å². The maximum Gasteiger partial charge on any atom is 0.320 e. The van der Waals surface area contributed by atoms with E-state index in [0.717, 1.165) is 31.0 Å². The Morgan fingerprint density at radius 1 is 1.36 bits per heavy atom. The molecule has 0 fully saturated rings. The number of thioether (sulfide) groups is 1. The molecule has 1 N–H and O–H groups in total. The highest BCUT2D eigenvalue weighted by atomic mass is 32.2. The summed E-state index contributed by atoms with van der Waals surface area (Å²) in [4.78, 5) is 13.0. The Balaban J connectivity index is 4.06. The summed E-state index contributed by atoms with van der Waals surface area (Å²) in [6.07, 6.45) is 0.746. The second kappa shape index (κ2) is 8.12. The Hall–Kier alpha value is -0.220. The largest absolute Gasteiger partial charge is 0.480 e. The molecule has 0 amide bonds. The summed E-state index contributed by atoms with van der Waals surface area (Å²) < 4.78 is 0. The molecule has 14 heavy (non-hydrogen) atoms. The lowest BCUT2D eigenvalue weighted by Gasteiger charge is -2.25. The first kappa shape index (κ1) is 13.8. The standard InChI is InChI=1S/C10H21NO2S/c1-4-11(5-2)9(10(12)13)7-8-14-6-3/h9H,4-8H2,1-3H3,(H,12,13). The van der Waals surface area contributed by atoms with Gasteiger partial charge in [-0.1, -0.05) is 20.8 Å². The number of rotatable bonds is 8. The highest BCUT2D eigenvalue weighted by Gasteiger charge is 2.22. The lowest BCUT2D eigenvalue weighted by Crippen LogP contribution is -2.41. The van der Waals surface area contributed by atoms with Crippen molar-refractivity contribution in [3.8, 4) is 0 Å². The Morgan fingerprint density at radius 2 is 1.93 bits per heavy atom. The van der Waals surface area contributed by atoms with Gasteiger partial charge >= 0.3 is 5.97 Å². The SMILES string of the molecule is CCSCCC(C(=O)O)N(CC)CC. The molecular weight excluding hydrogens is 198 g/mol. The summed E-state index contributed by atoms with van der Waals surface area (Å²) in [6.45, 7) is 7.73. The highest BCUT2D eigenvalue weighted by molar-refractivity contribution is 7.99. The molecule has 4 heteroatoms. The second-order valence-electron chi connectivity index (χ2n) is 3.06. The minimum atomic E-state index is -0.689. The van der Waals surface area contributed by atoms with E-state index < -0.39 is 5.97 Å². The van der Waals surface area contributed by atoms with Crippen LogP contribution >= 0.6 is 11.8 Å². The van der Waals surface area contributed by atoms with Gasteiger partial charge in [-0.05, 0) is 31.0 Å². The molecular formula is C10H21NO2S. The molecule has 0 aliphatic heterocycles. The van der Waals surface area contributed by atoms with Crippen LogP contribution in [-0.4, -0.2) is 46.6 Å². The minimum Gasteiger partial charge on any atom is -0.480 e. The van der Waals surface area contributed by atoms with E-state index in [0.29, 0.717) is 0 Å². The first-order chi connectivity index (χ1) is 6.67. The average molecular weight is 219 g/mol. The maximum atomic E-state index is 11.0. The number of aliphatic carboxylic acids is 1. The summed E-state index contributed by atoms with van der Waals surface area (Å²) >= 11 is 1.80. The number of carboxylic acids is 1. The van der Waals surface area contributed by atoms with Crippen LogP contribution in [0.15, 0.2) is 0 Å². The first-order valence-electron chi connectivity index (χ1n) is 5.21. The quantitative estimate of drug-likeness (QED) is 0.633. The van der Waals surface area contributed by atoms with Crippen molar-refractivity contribution < 1.29 is 9.90 Å².